The molecule has 3 rings (SSSR count). The van der Waals surface area contributed by atoms with Crippen molar-refractivity contribution in [1.82, 2.24) is 0 Å². The van der Waals surface area contributed by atoms with Crippen molar-refractivity contribution in [3.05, 3.63) is 11.6 Å². The summed E-state index contributed by atoms with van der Waals surface area (Å²) < 4.78 is 5.87. The largest absolute Gasteiger partial charge is 0.461 e. The average molecular weight is 379 g/mol. The van der Waals surface area contributed by atoms with Gasteiger partial charge in [0.05, 0.1) is 18.6 Å². The fourth-order valence-corrected chi connectivity index (χ4v) is 6.13. The van der Waals surface area contributed by atoms with Crippen LogP contribution in [0, 0.1) is 23.2 Å². The number of rotatable bonds is 7. The van der Waals surface area contributed by atoms with Gasteiger partial charge in [-0.1, -0.05) is 31.9 Å². The summed E-state index contributed by atoms with van der Waals surface area (Å²) in [6.45, 7) is 17.1. The number of nitrogens with one attached hydrogen (secondary N) is 1. The van der Waals surface area contributed by atoms with E-state index in [0.29, 0.717) is 23.9 Å². The van der Waals surface area contributed by atoms with E-state index in [1.165, 1.54) is 19.3 Å². The molecule has 1 aliphatic heterocycles. The third-order valence-electron chi connectivity index (χ3n) is 7.62. The van der Waals surface area contributed by atoms with E-state index in [4.69, 9.17) is 4.74 Å². The lowest BCUT2D eigenvalue weighted by molar-refractivity contribution is -0.952. The van der Waals surface area contributed by atoms with Crippen molar-refractivity contribution in [2.75, 3.05) is 19.6 Å². The molecule has 4 nitrogen and oxygen atoms in total. The van der Waals surface area contributed by atoms with E-state index in [9.17, 15) is 4.79 Å². The fourth-order valence-electron chi connectivity index (χ4n) is 6.13. The predicted octanol–water partition coefficient (Wildman–Crippen LogP) is 1.57. The highest BCUT2D eigenvalue weighted by atomic mass is 16.6. The van der Waals surface area contributed by atoms with Gasteiger partial charge in [0.25, 0.3) is 0 Å². The zero-order chi connectivity index (χ0) is 19.8. The van der Waals surface area contributed by atoms with Crippen molar-refractivity contribution in [2.45, 2.75) is 85.4 Å². The van der Waals surface area contributed by atoms with Gasteiger partial charge >= 0.3 is 5.97 Å². The van der Waals surface area contributed by atoms with Crippen LogP contribution >= 0.6 is 0 Å². The number of carbonyl (C=O) groups excluding carboxylic acids is 1. The molecule has 2 aliphatic carbocycles. The SMILES string of the molecule is CC(C)[NH+](CC[NH2+]C[C@@H]1C(=O)O[C@@H]2C[C@@]3(C)CCC[C@@H](C)C3=C[C@H]12)C(C)C. The summed E-state index contributed by atoms with van der Waals surface area (Å²) in [5, 5.41) is 2.36. The molecule has 0 bridgehead atoms. The molecule has 0 spiro atoms. The van der Waals surface area contributed by atoms with Crippen LogP contribution in [-0.4, -0.2) is 43.8 Å². The molecule has 154 valence electrons. The van der Waals surface area contributed by atoms with Crippen molar-refractivity contribution >= 4 is 5.97 Å². The first kappa shape index (κ1) is 20.9. The van der Waals surface area contributed by atoms with Crippen LogP contribution in [0.4, 0.5) is 0 Å². The van der Waals surface area contributed by atoms with Crippen molar-refractivity contribution in [2.24, 2.45) is 23.2 Å². The Bertz CT molecular complexity index is 563. The van der Waals surface area contributed by atoms with Crippen molar-refractivity contribution in [1.29, 1.82) is 0 Å². The van der Waals surface area contributed by atoms with Crippen LogP contribution in [-0.2, 0) is 9.53 Å². The predicted molar refractivity (Wildman–Crippen MR) is 108 cm³/mol. The van der Waals surface area contributed by atoms with Crippen LogP contribution in [0.1, 0.15) is 67.2 Å². The number of fused-ring (bicyclic) bond motifs is 2. The van der Waals surface area contributed by atoms with Crippen molar-refractivity contribution in [3.8, 4) is 0 Å². The molecule has 4 heteroatoms. The third kappa shape index (κ3) is 4.27. The van der Waals surface area contributed by atoms with E-state index in [1.807, 2.05) is 0 Å². The second kappa shape index (κ2) is 8.24. The number of hydrogen-bond acceptors (Lipinski definition) is 2. The number of quaternary nitrogens is 2. The zero-order valence-corrected chi connectivity index (χ0v) is 18.4. The Labute approximate surface area is 166 Å². The van der Waals surface area contributed by atoms with Crippen LogP contribution in [0.3, 0.4) is 0 Å². The normalized spacial score (nSPS) is 36.0. The Balaban J connectivity index is 1.61. The molecule has 1 heterocycles. The number of ether oxygens (including phenoxy) is 1. The summed E-state index contributed by atoms with van der Waals surface area (Å²) in [6, 6.07) is 1.29. The van der Waals surface area contributed by atoms with Gasteiger partial charge in [-0.15, -0.1) is 0 Å². The first-order chi connectivity index (χ1) is 12.7. The molecule has 3 aliphatic rings. The molecule has 0 radical (unpaired) electrons. The standard InChI is InChI=1S/C23H40N2O2/c1-15(2)25(16(3)4)11-10-24-14-19-18-12-20-17(5)8-7-9-23(20,6)13-21(18)27-22(19)26/h12,15-19,21,24H,7-11,13-14H2,1-6H3/p+2/t17-,18-,19+,21-,23-/m1/s1. The van der Waals surface area contributed by atoms with Gasteiger partial charge in [-0.05, 0) is 58.3 Å². The second-order valence-electron chi connectivity index (χ2n) is 10.3. The minimum Gasteiger partial charge on any atom is -0.461 e. The highest BCUT2D eigenvalue weighted by molar-refractivity contribution is 5.76. The van der Waals surface area contributed by atoms with Gasteiger partial charge in [-0.25, -0.2) is 0 Å². The van der Waals surface area contributed by atoms with Gasteiger partial charge in [0.15, 0.2) is 0 Å². The number of hydrogen-bond donors (Lipinski definition) is 2. The molecule has 2 fully saturated rings. The molecule has 0 aromatic carbocycles. The minimum atomic E-state index is 0.0442. The van der Waals surface area contributed by atoms with Gasteiger partial charge in [-0.3, -0.25) is 4.79 Å². The first-order valence-electron chi connectivity index (χ1n) is 11.3. The van der Waals surface area contributed by atoms with Gasteiger partial charge in [0, 0.05) is 5.92 Å². The molecular weight excluding hydrogens is 336 g/mol. The molecule has 1 saturated heterocycles. The van der Waals surface area contributed by atoms with Gasteiger partial charge in [0.1, 0.15) is 25.1 Å². The van der Waals surface area contributed by atoms with Crippen LogP contribution in [0.5, 0.6) is 0 Å². The smallest absolute Gasteiger partial charge is 0.315 e. The lowest BCUT2D eigenvalue weighted by atomic mass is 9.59. The van der Waals surface area contributed by atoms with E-state index in [2.05, 4.69) is 52.9 Å². The maximum absolute atomic E-state index is 12.6. The Morgan fingerprint density at radius 3 is 2.67 bits per heavy atom. The number of nitrogens with two attached hydrogens (primary N) is 1. The van der Waals surface area contributed by atoms with E-state index < -0.39 is 0 Å². The van der Waals surface area contributed by atoms with Crippen LogP contribution in [0.15, 0.2) is 11.6 Å². The molecule has 0 amide bonds. The van der Waals surface area contributed by atoms with Gasteiger partial charge in [-0.2, -0.15) is 0 Å². The lowest BCUT2D eigenvalue weighted by Gasteiger charge is -2.45. The quantitative estimate of drug-likeness (QED) is 0.401. The summed E-state index contributed by atoms with van der Waals surface area (Å²) in [5.74, 6) is 1.06. The molecule has 1 saturated carbocycles. The van der Waals surface area contributed by atoms with Crippen LogP contribution in [0.25, 0.3) is 0 Å². The number of allylic oxidation sites excluding steroid dienone is 1. The topological polar surface area (TPSA) is 47.4 Å². The maximum Gasteiger partial charge on any atom is 0.315 e. The summed E-state index contributed by atoms with van der Waals surface area (Å²) in [6.07, 6.45) is 7.48. The molecule has 0 aromatic rings. The van der Waals surface area contributed by atoms with E-state index in [-0.39, 0.29) is 23.4 Å². The summed E-state index contributed by atoms with van der Waals surface area (Å²) in [7, 11) is 0. The van der Waals surface area contributed by atoms with Gasteiger partial charge < -0.3 is 15.0 Å². The Morgan fingerprint density at radius 2 is 2.00 bits per heavy atom. The summed E-state index contributed by atoms with van der Waals surface area (Å²) in [4.78, 5) is 14.2. The molecular formula is C23H42N2O2+2. The van der Waals surface area contributed by atoms with E-state index in [0.717, 1.165) is 26.1 Å². The second-order valence-corrected chi connectivity index (χ2v) is 10.3. The third-order valence-corrected chi connectivity index (χ3v) is 7.62. The van der Waals surface area contributed by atoms with Gasteiger partial charge in [0.2, 0.25) is 0 Å². The number of carbonyl (C=O) groups is 1. The first-order valence-corrected chi connectivity index (χ1v) is 11.3. The molecule has 3 N–H and O–H groups in total. The van der Waals surface area contributed by atoms with Crippen molar-refractivity contribution < 1.29 is 19.7 Å². The lowest BCUT2D eigenvalue weighted by Crippen LogP contribution is -3.19. The maximum atomic E-state index is 12.6. The minimum absolute atomic E-state index is 0.0442. The molecule has 0 aromatic heterocycles. The average Bonchev–Trinajstić information content (AvgIpc) is 2.86. The zero-order valence-electron chi connectivity index (χ0n) is 18.4. The Kier molecular flexibility index (Phi) is 6.37. The Morgan fingerprint density at radius 1 is 1.30 bits per heavy atom. The van der Waals surface area contributed by atoms with Crippen LogP contribution < -0.4 is 10.2 Å². The summed E-state index contributed by atoms with van der Waals surface area (Å²) in [5.41, 5.74) is 1.88. The highest BCUT2D eigenvalue weighted by Crippen LogP contribution is 2.53. The fraction of sp³-hybridized carbons (Fsp3) is 0.870. The molecule has 0 unspecified atom stereocenters. The monoisotopic (exact) mass is 378 g/mol. The van der Waals surface area contributed by atoms with E-state index >= 15 is 0 Å². The number of esters is 1. The molecule has 5 atom stereocenters. The van der Waals surface area contributed by atoms with E-state index in [1.54, 1.807) is 10.5 Å². The van der Waals surface area contributed by atoms with Crippen molar-refractivity contribution in [3.63, 3.8) is 0 Å². The Hall–Kier alpha value is -0.870. The van der Waals surface area contributed by atoms with Crippen LogP contribution in [0.2, 0.25) is 0 Å². The summed E-state index contributed by atoms with van der Waals surface area (Å²) >= 11 is 0. The molecule has 27 heavy (non-hydrogen) atoms. The highest BCUT2D eigenvalue weighted by Gasteiger charge is 2.52.